The summed E-state index contributed by atoms with van der Waals surface area (Å²) >= 11 is 0. The maximum Gasteiger partial charge on any atom is 0.229 e. The van der Waals surface area contributed by atoms with Crippen molar-refractivity contribution in [3.05, 3.63) is 58.7 Å². The van der Waals surface area contributed by atoms with Gasteiger partial charge in [0, 0.05) is 12.6 Å². The second kappa shape index (κ2) is 8.07. The number of aryl methyl sites for hydroxylation is 2. The fourth-order valence-corrected chi connectivity index (χ4v) is 3.43. The Morgan fingerprint density at radius 1 is 1.08 bits per heavy atom. The van der Waals surface area contributed by atoms with E-state index >= 15 is 0 Å². The molecule has 0 fully saturated rings. The minimum Gasteiger partial charge on any atom is -0.506 e. The van der Waals surface area contributed by atoms with Gasteiger partial charge in [0.25, 0.3) is 0 Å². The van der Waals surface area contributed by atoms with E-state index in [4.69, 9.17) is 0 Å². The Kier molecular flexibility index (Phi) is 6.28. The number of phenolic OH excluding ortho intramolecular Hbond substituents is 1. The number of aromatic hydroxyl groups is 1. The van der Waals surface area contributed by atoms with Gasteiger partial charge >= 0.3 is 0 Å². The van der Waals surface area contributed by atoms with Gasteiger partial charge in [0.1, 0.15) is 5.75 Å². The van der Waals surface area contributed by atoms with Gasteiger partial charge in [0.2, 0.25) is 10.0 Å². The van der Waals surface area contributed by atoms with Gasteiger partial charge in [-0.05, 0) is 44.0 Å². The molecule has 0 aliphatic heterocycles. The number of sulfonamides is 1. The highest BCUT2D eigenvalue weighted by Gasteiger charge is 2.18. The molecule has 26 heavy (non-hydrogen) atoms. The van der Waals surface area contributed by atoms with E-state index in [2.05, 4.69) is 28.2 Å². The lowest BCUT2D eigenvalue weighted by Gasteiger charge is -2.22. The highest BCUT2D eigenvalue weighted by molar-refractivity contribution is 7.92. The Bertz CT molecular complexity index is 861. The van der Waals surface area contributed by atoms with E-state index in [-0.39, 0.29) is 17.5 Å². The van der Waals surface area contributed by atoms with E-state index in [1.807, 2.05) is 20.8 Å². The Labute approximate surface area is 154 Å². The number of hydrogen-bond acceptors (Lipinski definition) is 5. The lowest BCUT2D eigenvalue weighted by atomic mass is 10.0. The summed E-state index contributed by atoms with van der Waals surface area (Å²) in [5.41, 5.74) is 4.06. The van der Waals surface area contributed by atoms with Crippen LogP contribution >= 0.6 is 0 Å². The van der Waals surface area contributed by atoms with Crippen LogP contribution in [0.1, 0.15) is 35.3 Å². The molecule has 0 heterocycles. The summed E-state index contributed by atoms with van der Waals surface area (Å²) in [6.07, 6.45) is 0.144. The summed E-state index contributed by atoms with van der Waals surface area (Å²) in [5.74, 6) is -0.192. The first kappa shape index (κ1) is 20.2. The first-order valence-electron chi connectivity index (χ1n) is 8.34. The average molecular weight is 378 g/mol. The molecule has 6 nitrogen and oxygen atoms in total. The summed E-state index contributed by atoms with van der Waals surface area (Å²) in [5, 5.41) is 23.6. The largest absolute Gasteiger partial charge is 0.506 e. The molecule has 2 rings (SSSR count). The molecule has 2 atom stereocenters. The zero-order chi connectivity index (χ0) is 19.5. The third kappa shape index (κ3) is 5.72. The topological polar surface area (TPSA) is 98.7 Å². The monoisotopic (exact) mass is 378 g/mol. The Morgan fingerprint density at radius 3 is 2.27 bits per heavy atom. The number of aliphatic hydroxyl groups excluding tert-OH is 1. The Balaban J connectivity index is 2.09. The first-order valence-corrected chi connectivity index (χ1v) is 10.2. The van der Waals surface area contributed by atoms with Crippen molar-refractivity contribution in [2.45, 2.75) is 39.5 Å². The quantitative estimate of drug-likeness (QED) is 0.555. The van der Waals surface area contributed by atoms with Gasteiger partial charge < -0.3 is 15.5 Å². The summed E-state index contributed by atoms with van der Waals surface area (Å²) in [6.45, 7) is 6.54. The number of hydrogen-bond donors (Lipinski definition) is 4. The number of aliphatic hydroxyl groups is 1. The van der Waals surface area contributed by atoms with Crippen LogP contribution in [0.3, 0.4) is 0 Å². The minimum atomic E-state index is -3.52. The number of rotatable bonds is 7. The normalized spacial score (nSPS) is 14.0. The van der Waals surface area contributed by atoms with E-state index in [0.717, 1.165) is 11.8 Å². The summed E-state index contributed by atoms with van der Waals surface area (Å²) in [6, 6.07) is 10.4. The molecule has 0 aliphatic carbocycles. The van der Waals surface area contributed by atoms with Crippen molar-refractivity contribution in [3.63, 3.8) is 0 Å². The number of nitrogens with one attached hydrogen (secondary N) is 2. The zero-order valence-electron chi connectivity index (χ0n) is 15.4. The molecule has 0 amide bonds. The van der Waals surface area contributed by atoms with Crippen LogP contribution in [0.25, 0.3) is 0 Å². The lowest BCUT2D eigenvalue weighted by Crippen LogP contribution is -2.31. The summed E-state index contributed by atoms with van der Waals surface area (Å²) in [7, 11) is -3.52. The first-order chi connectivity index (χ1) is 12.0. The highest BCUT2D eigenvalue weighted by atomic mass is 32.2. The van der Waals surface area contributed by atoms with Crippen molar-refractivity contribution in [1.82, 2.24) is 5.32 Å². The van der Waals surface area contributed by atoms with Gasteiger partial charge in [-0.2, -0.15) is 0 Å². The second-order valence-electron chi connectivity index (χ2n) is 6.76. The predicted octanol–water partition coefficient (Wildman–Crippen LogP) is 2.59. The molecule has 7 heteroatoms. The van der Waals surface area contributed by atoms with Crippen LogP contribution in [0.5, 0.6) is 5.75 Å². The van der Waals surface area contributed by atoms with Crippen molar-refractivity contribution < 1.29 is 18.6 Å². The molecule has 0 aromatic heterocycles. The number of benzene rings is 2. The zero-order valence-corrected chi connectivity index (χ0v) is 16.3. The van der Waals surface area contributed by atoms with Crippen LogP contribution in [-0.4, -0.2) is 30.9 Å². The van der Waals surface area contributed by atoms with Gasteiger partial charge in [-0.3, -0.25) is 4.72 Å². The van der Waals surface area contributed by atoms with Crippen LogP contribution in [-0.2, 0) is 16.6 Å². The molecule has 142 valence electrons. The van der Waals surface area contributed by atoms with Crippen molar-refractivity contribution >= 4 is 15.7 Å². The van der Waals surface area contributed by atoms with Crippen LogP contribution in [0.2, 0.25) is 0 Å². The van der Waals surface area contributed by atoms with E-state index in [1.165, 1.54) is 23.3 Å². The maximum absolute atomic E-state index is 11.4. The third-order valence-electron chi connectivity index (χ3n) is 4.04. The van der Waals surface area contributed by atoms with Gasteiger partial charge in [-0.15, -0.1) is 0 Å². The van der Waals surface area contributed by atoms with Crippen LogP contribution < -0.4 is 10.0 Å². The molecule has 2 aromatic carbocycles. The molecule has 0 spiro atoms. The van der Waals surface area contributed by atoms with Gasteiger partial charge in [-0.1, -0.05) is 35.4 Å². The lowest BCUT2D eigenvalue weighted by molar-refractivity contribution is 0.135. The maximum atomic E-state index is 11.4. The number of anilines is 1. The average Bonchev–Trinajstić information content (AvgIpc) is 2.52. The van der Waals surface area contributed by atoms with Crippen LogP contribution in [0.15, 0.2) is 36.4 Å². The Hall–Kier alpha value is -2.09. The molecule has 4 N–H and O–H groups in total. The fourth-order valence-electron chi connectivity index (χ4n) is 2.87. The molecule has 2 aromatic rings. The summed E-state index contributed by atoms with van der Waals surface area (Å²) < 4.78 is 25.0. The Morgan fingerprint density at radius 2 is 1.69 bits per heavy atom. The second-order valence-corrected chi connectivity index (χ2v) is 8.51. The van der Waals surface area contributed by atoms with Gasteiger partial charge in [0.15, 0.2) is 0 Å². The molecular weight excluding hydrogens is 352 g/mol. The molecule has 0 bridgehead atoms. The van der Waals surface area contributed by atoms with Crippen molar-refractivity contribution in [1.29, 1.82) is 0 Å². The molecular formula is C19H26N2O4S. The van der Waals surface area contributed by atoms with Crippen LogP contribution in [0, 0.1) is 13.8 Å². The highest BCUT2D eigenvalue weighted by Crippen LogP contribution is 2.29. The van der Waals surface area contributed by atoms with Crippen LogP contribution in [0.4, 0.5) is 5.69 Å². The summed E-state index contributed by atoms with van der Waals surface area (Å²) in [4.78, 5) is 0. The van der Waals surface area contributed by atoms with Crippen molar-refractivity contribution in [2.75, 3.05) is 11.0 Å². The molecule has 0 saturated carbocycles. The van der Waals surface area contributed by atoms with Crippen molar-refractivity contribution in [3.8, 4) is 5.75 Å². The molecule has 2 unspecified atom stereocenters. The van der Waals surface area contributed by atoms with E-state index in [1.54, 1.807) is 6.07 Å². The van der Waals surface area contributed by atoms with E-state index in [0.29, 0.717) is 12.1 Å². The fraction of sp³-hybridized carbons (Fsp3) is 0.368. The number of phenols is 1. The standard InChI is InChI=1S/C19H26N2O4S/c1-12-7-13(2)9-15(8-12)11-20-14(3)19(23)16-5-6-18(22)17(10-16)21-26(4,24)25/h5-10,14,19-23H,11H2,1-4H3. The van der Waals surface area contributed by atoms with E-state index in [9.17, 15) is 18.6 Å². The minimum absolute atomic E-state index is 0.0468. The van der Waals surface area contributed by atoms with Gasteiger partial charge in [0.05, 0.1) is 18.0 Å². The van der Waals surface area contributed by atoms with E-state index < -0.39 is 16.1 Å². The molecule has 0 radical (unpaired) electrons. The third-order valence-corrected chi connectivity index (χ3v) is 4.63. The SMILES string of the molecule is Cc1cc(C)cc(CNC(C)C(O)c2ccc(O)c(NS(C)(=O)=O)c2)c1. The molecule has 0 saturated heterocycles. The molecule has 0 aliphatic rings. The smallest absolute Gasteiger partial charge is 0.229 e. The van der Waals surface area contributed by atoms with Gasteiger partial charge in [-0.25, -0.2) is 8.42 Å². The van der Waals surface area contributed by atoms with Crippen molar-refractivity contribution in [2.24, 2.45) is 0 Å². The predicted molar refractivity (Wildman–Crippen MR) is 104 cm³/mol.